The van der Waals surface area contributed by atoms with E-state index in [0.717, 1.165) is 31.0 Å². The summed E-state index contributed by atoms with van der Waals surface area (Å²) in [6.45, 7) is 6.20. The van der Waals surface area contributed by atoms with Crippen LogP contribution in [-0.2, 0) is 6.54 Å². The van der Waals surface area contributed by atoms with E-state index >= 15 is 0 Å². The van der Waals surface area contributed by atoms with Crippen LogP contribution < -0.4 is 0 Å². The van der Waals surface area contributed by atoms with Gasteiger partial charge in [0.05, 0.1) is 6.04 Å². The summed E-state index contributed by atoms with van der Waals surface area (Å²) in [7, 11) is 0. The van der Waals surface area contributed by atoms with Crippen LogP contribution in [0, 0.1) is 0 Å². The number of aromatic hydroxyl groups is 1. The lowest BCUT2D eigenvalue weighted by Crippen LogP contribution is -2.22. The molecule has 1 aromatic heterocycles. The zero-order chi connectivity index (χ0) is 14.8. The third-order valence-corrected chi connectivity index (χ3v) is 4.14. The van der Waals surface area contributed by atoms with Crippen LogP contribution in [0.2, 0.25) is 0 Å². The van der Waals surface area contributed by atoms with Crippen molar-refractivity contribution in [2.45, 2.75) is 45.2 Å². The van der Waals surface area contributed by atoms with Crippen LogP contribution >= 0.6 is 0 Å². The average Bonchev–Trinajstić information content (AvgIpc) is 3.09. The van der Waals surface area contributed by atoms with Gasteiger partial charge in [0.25, 0.3) is 0 Å². The second-order valence-corrected chi connectivity index (χ2v) is 6.10. The fraction of sp³-hybridized carbons (Fsp3) is 0.471. The first kappa shape index (κ1) is 14.1. The number of hydrogen-bond acceptors (Lipinski definition) is 4. The summed E-state index contributed by atoms with van der Waals surface area (Å²) in [5.41, 5.74) is 2.27. The van der Waals surface area contributed by atoms with Crippen molar-refractivity contribution in [2.24, 2.45) is 0 Å². The largest absolute Gasteiger partial charge is 0.508 e. The number of benzene rings is 1. The van der Waals surface area contributed by atoms with Crippen LogP contribution in [0.3, 0.4) is 0 Å². The molecule has 0 spiro atoms. The third-order valence-electron chi connectivity index (χ3n) is 4.14. The van der Waals surface area contributed by atoms with Crippen LogP contribution in [0.25, 0.3) is 0 Å². The Morgan fingerprint density at radius 2 is 2.10 bits per heavy atom. The predicted molar refractivity (Wildman–Crippen MR) is 81.1 cm³/mol. The van der Waals surface area contributed by atoms with E-state index in [-0.39, 0.29) is 0 Å². The summed E-state index contributed by atoms with van der Waals surface area (Å²) >= 11 is 0. The summed E-state index contributed by atoms with van der Waals surface area (Å²) < 4.78 is 5.44. The van der Waals surface area contributed by atoms with Gasteiger partial charge in [-0.1, -0.05) is 31.1 Å². The molecule has 0 aliphatic carbocycles. The molecule has 0 saturated carbocycles. The molecule has 1 fully saturated rings. The molecule has 1 aliphatic rings. The Kier molecular flexibility index (Phi) is 3.97. The molecule has 0 unspecified atom stereocenters. The molecule has 0 amide bonds. The van der Waals surface area contributed by atoms with E-state index in [0.29, 0.717) is 17.7 Å². The maximum atomic E-state index is 9.37. The molecule has 3 rings (SSSR count). The normalized spacial score (nSPS) is 19.5. The molecule has 4 heteroatoms. The van der Waals surface area contributed by atoms with Gasteiger partial charge in [-0.2, -0.15) is 0 Å². The lowest BCUT2D eigenvalue weighted by atomic mass is 10.1. The van der Waals surface area contributed by atoms with Crippen LogP contribution in [-0.4, -0.2) is 21.7 Å². The Morgan fingerprint density at radius 1 is 1.33 bits per heavy atom. The fourth-order valence-corrected chi connectivity index (χ4v) is 2.92. The van der Waals surface area contributed by atoms with Crippen molar-refractivity contribution in [1.82, 2.24) is 10.1 Å². The quantitative estimate of drug-likeness (QED) is 0.927. The van der Waals surface area contributed by atoms with Gasteiger partial charge >= 0.3 is 0 Å². The smallest absolute Gasteiger partial charge is 0.139 e. The minimum Gasteiger partial charge on any atom is -0.508 e. The van der Waals surface area contributed by atoms with E-state index in [2.05, 4.69) is 30.0 Å². The van der Waals surface area contributed by atoms with Crippen molar-refractivity contribution in [2.75, 3.05) is 6.54 Å². The van der Waals surface area contributed by atoms with Crippen molar-refractivity contribution in [3.05, 3.63) is 47.3 Å². The molecule has 112 valence electrons. The van der Waals surface area contributed by atoms with Crippen molar-refractivity contribution in [3.8, 4) is 5.75 Å². The fourth-order valence-electron chi connectivity index (χ4n) is 2.92. The zero-order valence-electron chi connectivity index (χ0n) is 12.6. The monoisotopic (exact) mass is 286 g/mol. The molecule has 4 nitrogen and oxygen atoms in total. The van der Waals surface area contributed by atoms with Gasteiger partial charge in [0.2, 0.25) is 0 Å². The number of aromatic nitrogens is 1. The van der Waals surface area contributed by atoms with Crippen molar-refractivity contribution >= 4 is 0 Å². The van der Waals surface area contributed by atoms with Gasteiger partial charge in [0, 0.05) is 18.5 Å². The van der Waals surface area contributed by atoms with E-state index in [1.807, 2.05) is 12.1 Å². The van der Waals surface area contributed by atoms with Gasteiger partial charge in [-0.25, -0.2) is 0 Å². The zero-order valence-corrected chi connectivity index (χ0v) is 12.6. The molecular formula is C17H22N2O2. The van der Waals surface area contributed by atoms with Crippen molar-refractivity contribution in [3.63, 3.8) is 0 Å². The van der Waals surface area contributed by atoms with E-state index in [1.165, 1.54) is 12.0 Å². The summed E-state index contributed by atoms with van der Waals surface area (Å²) in [6, 6.07) is 9.89. The van der Waals surface area contributed by atoms with Gasteiger partial charge in [-0.15, -0.1) is 0 Å². The minimum absolute atomic E-state index is 0.315. The predicted octanol–water partition coefficient (Wildman–Crippen LogP) is 3.84. The number of likely N-dealkylation sites (tertiary alicyclic amines) is 1. The molecule has 0 radical (unpaired) electrons. The van der Waals surface area contributed by atoms with Gasteiger partial charge in [0.15, 0.2) is 0 Å². The van der Waals surface area contributed by atoms with Crippen molar-refractivity contribution in [1.29, 1.82) is 0 Å². The molecule has 2 heterocycles. The molecule has 1 aliphatic heterocycles. The number of hydrogen-bond donors (Lipinski definition) is 1. The minimum atomic E-state index is 0.315. The molecular weight excluding hydrogens is 264 g/mol. The first-order valence-corrected chi connectivity index (χ1v) is 7.62. The second-order valence-electron chi connectivity index (χ2n) is 6.10. The summed E-state index contributed by atoms with van der Waals surface area (Å²) in [5.74, 6) is 1.65. The van der Waals surface area contributed by atoms with Gasteiger partial charge in [0.1, 0.15) is 17.2 Å². The SMILES string of the molecule is CC(C)c1cc([C@H]2CCCN2Cc2ccc(O)cc2)no1. The molecule has 2 aromatic rings. The average molecular weight is 286 g/mol. The Morgan fingerprint density at radius 3 is 2.76 bits per heavy atom. The molecule has 21 heavy (non-hydrogen) atoms. The molecule has 1 saturated heterocycles. The topological polar surface area (TPSA) is 49.5 Å². The number of phenolic OH excluding ortho intramolecular Hbond substituents is 1. The number of rotatable bonds is 4. The van der Waals surface area contributed by atoms with Gasteiger partial charge in [-0.3, -0.25) is 4.90 Å². The third kappa shape index (κ3) is 3.10. The van der Waals surface area contributed by atoms with Crippen LogP contribution in [0.4, 0.5) is 0 Å². The van der Waals surface area contributed by atoms with Crippen LogP contribution in [0.15, 0.2) is 34.9 Å². The Hall–Kier alpha value is -1.81. The van der Waals surface area contributed by atoms with E-state index in [1.54, 1.807) is 12.1 Å². The van der Waals surface area contributed by atoms with Crippen molar-refractivity contribution < 1.29 is 9.63 Å². The highest BCUT2D eigenvalue weighted by Crippen LogP contribution is 2.33. The highest BCUT2D eigenvalue weighted by Gasteiger charge is 2.28. The molecule has 1 atom stereocenters. The standard InChI is InChI=1S/C17H22N2O2/c1-12(2)17-10-15(18-21-17)16-4-3-9-19(16)11-13-5-7-14(20)8-6-13/h5-8,10,12,16,20H,3-4,9,11H2,1-2H3/t16-/m1/s1. The van der Waals surface area contributed by atoms with Gasteiger partial charge in [-0.05, 0) is 37.1 Å². The first-order chi connectivity index (χ1) is 10.1. The Bertz CT molecular complexity index is 589. The molecule has 1 aromatic carbocycles. The van der Waals surface area contributed by atoms with Crippen LogP contribution in [0.5, 0.6) is 5.75 Å². The number of phenols is 1. The highest BCUT2D eigenvalue weighted by molar-refractivity contribution is 5.26. The maximum absolute atomic E-state index is 9.37. The van der Waals surface area contributed by atoms with E-state index in [4.69, 9.17) is 4.52 Å². The van der Waals surface area contributed by atoms with E-state index in [9.17, 15) is 5.11 Å². The molecule has 1 N–H and O–H groups in total. The first-order valence-electron chi connectivity index (χ1n) is 7.62. The summed E-state index contributed by atoms with van der Waals surface area (Å²) in [6.07, 6.45) is 2.31. The van der Waals surface area contributed by atoms with Crippen LogP contribution in [0.1, 0.15) is 55.7 Å². The Balaban J connectivity index is 1.74. The summed E-state index contributed by atoms with van der Waals surface area (Å²) in [4.78, 5) is 2.44. The number of nitrogens with zero attached hydrogens (tertiary/aromatic N) is 2. The lowest BCUT2D eigenvalue weighted by molar-refractivity contribution is 0.236. The summed E-state index contributed by atoms with van der Waals surface area (Å²) in [5, 5.41) is 13.6. The second kappa shape index (κ2) is 5.90. The lowest BCUT2D eigenvalue weighted by Gasteiger charge is -2.22. The Labute approximate surface area is 125 Å². The maximum Gasteiger partial charge on any atom is 0.139 e. The molecule has 0 bridgehead atoms. The van der Waals surface area contributed by atoms with E-state index < -0.39 is 0 Å². The van der Waals surface area contributed by atoms with Gasteiger partial charge < -0.3 is 9.63 Å². The highest BCUT2D eigenvalue weighted by atomic mass is 16.5.